The molecular weight excluding hydrogens is 697 g/mol. The fraction of sp³-hybridized carbons (Fsp3) is 0. The van der Waals surface area contributed by atoms with Gasteiger partial charge in [0, 0.05) is 47.8 Å². The van der Waals surface area contributed by atoms with Gasteiger partial charge in [-0.15, -0.1) is 11.3 Å². The van der Waals surface area contributed by atoms with Gasteiger partial charge in [-0.2, -0.15) is 0 Å². The van der Waals surface area contributed by atoms with E-state index >= 15 is 0 Å². The Bertz CT molecular complexity index is 3250. The second kappa shape index (κ2) is 13.3. The van der Waals surface area contributed by atoms with Crippen LogP contribution in [0.3, 0.4) is 0 Å². The Labute approximate surface area is 329 Å². The lowest BCUT2D eigenvalue weighted by atomic mass is 9.98. The zero-order valence-electron chi connectivity index (χ0n) is 30.4. The Kier molecular flexibility index (Phi) is 7.72. The number of thiophene rings is 1. The van der Waals surface area contributed by atoms with Crippen LogP contribution in [-0.2, 0) is 0 Å². The normalized spacial score (nSPS) is 11.6. The molecule has 262 valence electrons. The lowest BCUT2D eigenvalue weighted by Crippen LogP contribution is -1.96. The minimum Gasteiger partial charge on any atom is -0.309 e. The van der Waals surface area contributed by atoms with E-state index in [1.807, 2.05) is 11.3 Å². The van der Waals surface area contributed by atoms with E-state index in [0.717, 1.165) is 39.3 Å². The monoisotopic (exact) mass is 730 g/mol. The van der Waals surface area contributed by atoms with Crippen LogP contribution in [0, 0.1) is 0 Å². The van der Waals surface area contributed by atoms with Crippen LogP contribution < -0.4 is 0 Å². The minimum atomic E-state index is 0.938. The van der Waals surface area contributed by atoms with Crippen LogP contribution in [0.25, 0.3) is 104 Å². The molecule has 0 fully saturated rings. The number of hydrogen-bond acceptors (Lipinski definition) is 2. The first-order valence-corrected chi connectivity index (χ1v) is 19.8. The van der Waals surface area contributed by atoms with Crippen LogP contribution in [-0.4, -0.2) is 9.55 Å². The third-order valence-corrected chi connectivity index (χ3v) is 12.2. The zero-order chi connectivity index (χ0) is 37.0. The molecule has 11 rings (SSSR count). The maximum atomic E-state index is 5.36. The molecular formula is C53H34N2S. The topological polar surface area (TPSA) is 17.8 Å². The fourth-order valence-electron chi connectivity index (χ4n) is 8.31. The Balaban J connectivity index is 1.06. The van der Waals surface area contributed by atoms with Crippen molar-refractivity contribution >= 4 is 53.3 Å². The molecule has 0 bridgehead atoms. The van der Waals surface area contributed by atoms with Gasteiger partial charge >= 0.3 is 0 Å². The predicted molar refractivity (Wildman–Crippen MR) is 239 cm³/mol. The summed E-state index contributed by atoms with van der Waals surface area (Å²) >= 11 is 1.88. The van der Waals surface area contributed by atoms with Gasteiger partial charge in [0.05, 0.1) is 22.4 Å². The molecule has 3 aromatic heterocycles. The van der Waals surface area contributed by atoms with Crippen molar-refractivity contribution in [2.24, 2.45) is 0 Å². The summed E-state index contributed by atoms with van der Waals surface area (Å²) in [6.45, 7) is 0. The van der Waals surface area contributed by atoms with E-state index < -0.39 is 0 Å². The molecule has 3 heteroatoms. The van der Waals surface area contributed by atoms with Crippen LogP contribution in [0.1, 0.15) is 0 Å². The highest BCUT2D eigenvalue weighted by Gasteiger charge is 2.17. The molecule has 0 aliphatic heterocycles. The summed E-state index contributed by atoms with van der Waals surface area (Å²) < 4.78 is 5.06. The van der Waals surface area contributed by atoms with Gasteiger partial charge in [0.25, 0.3) is 0 Å². The summed E-state index contributed by atoms with van der Waals surface area (Å²) in [5, 5.41) is 5.12. The van der Waals surface area contributed by atoms with E-state index in [-0.39, 0.29) is 0 Å². The molecule has 0 amide bonds. The molecule has 8 aromatic carbocycles. The molecule has 0 saturated heterocycles. The second-order valence-electron chi connectivity index (χ2n) is 14.4. The highest BCUT2D eigenvalue weighted by Crippen LogP contribution is 2.42. The van der Waals surface area contributed by atoms with Gasteiger partial charge in [-0.05, 0) is 88.0 Å². The minimum absolute atomic E-state index is 0.938. The summed E-state index contributed by atoms with van der Waals surface area (Å²) in [6.07, 6.45) is 0. The summed E-state index contributed by atoms with van der Waals surface area (Å²) in [5.41, 5.74) is 14.7. The number of pyridine rings is 1. The van der Waals surface area contributed by atoms with E-state index in [4.69, 9.17) is 4.98 Å². The van der Waals surface area contributed by atoms with Crippen LogP contribution in [0.5, 0.6) is 0 Å². The number of hydrogen-bond donors (Lipinski definition) is 0. The lowest BCUT2D eigenvalue weighted by molar-refractivity contribution is 1.18. The highest BCUT2D eigenvalue weighted by atomic mass is 32.1. The van der Waals surface area contributed by atoms with Gasteiger partial charge in [0.15, 0.2) is 0 Å². The zero-order valence-corrected chi connectivity index (χ0v) is 31.2. The number of rotatable bonds is 6. The van der Waals surface area contributed by atoms with Gasteiger partial charge in [-0.1, -0.05) is 152 Å². The molecule has 2 nitrogen and oxygen atoms in total. The molecule has 0 unspecified atom stereocenters. The first-order chi connectivity index (χ1) is 27.7. The van der Waals surface area contributed by atoms with Crippen LogP contribution in [0.2, 0.25) is 0 Å². The maximum Gasteiger partial charge on any atom is 0.0716 e. The Morgan fingerprint density at radius 1 is 0.339 bits per heavy atom. The Morgan fingerprint density at radius 3 is 1.73 bits per heavy atom. The van der Waals surface area contributed by atoms with Gasteiger partial charge in [0.2, 0.25) is 0 Å². The summed E-state index contributed by atoms with van der Waals surface area (Å²) in [5.74, 6) is 0. The van der Waals surface area contributed by atoms with E-state index in [2.05, 4.69) is 211 Å². The largest absolute Gasteiger partial charge is 0.309 e. The van der Waals surface area contributed by atoms with Crippen molar-refractivity contribution in [1.82, 2.24) is 9.55 Å². The van der Waals surface area contributed by atoms with E-state index in [9.17, 15) is 0 Å². The summed E-state index contributed by atoms with van der Waals surface area (Å²) in [6, 6.07) is 74.4. The third kappa shape index (κ3) is 5.52. The fourth-order valence-corrected chi connectivity index (χ4v) is 9.55. The van der Waals surface area contributed by atoms with Crippen LogP contribution in [0.4, 0.5) is 0 Å². The first kappa shape index (κ1) is 32.4. The quantitative estimate of drug-likeness (QED) is 0.167. The second-order valence-corrected chi connectivity index (χ2v) is 15.4. The number of benzene rings is 8. The molecule has 0 atom stereocenters. The molecule has 0 radical (unpaired) electrons. The third-order valence-electron chi connectivity index (χ3n) is 11.0. The number of nitrogens with zero attached hydrogens (tertiary/aromatic N) is 2. The van der Waals surface area contributed by atoms with E-state index in [1.54, 1.807) is 0 Å². The van der Waals surface area contributed by atoms with Gasteiger partial charge in [-0.3, -0.25) is 0 Å². The predicted octanol–water partition coefficient (Wildman–Crippen LogP) is 14.9. The molecule has 11 aromatic rings. The number of aromatic nitrogens is 2. The summed E-state index contributed by atoms with van der Waals surface area (Å²) in [7, 11) is 0. The molecule has 0 aliphatic rings. The Morgan fingerprint density at radius 2 is 0.929 bits per heavy atom. The number of para-hydroxylation sites is 1. The van der Waals surface area contributed by atoms with Crippen molar-refractivity contribution in [3.63, 3.8) is 0 Å². The van der Waals surface area contributed by atoms with Crippen molar-refractivity contribution in [3.8, 4) is 61.6 Å². The lowest BCUT2D eigenvalue weighted by Gasteiger charge is -2.13. The SMILES string of the molecule is c1ccc(-c2cccc(-c3cc(-c4ccccc4)cc(-c4cccc(-n5c6ccccc6c6cc(-c7cccc8c7sc7ccccc78)ccc65)c4)n3)c2)cc1. The van der Waals surface area contributed by atoms with Crippen molar-refractivity contribution in [2.45, 2.75) is 0 Å². The highest BCUT2D eigenvalue weighted by molar-refractivity contribution is 7.26. The standard InChI is InChI=1S/C53H34N2S/c1-3-14-35(15-4-1)37-18-11-19-39(30-37)48-33-41(36-16-5-2-6-17-36)34-49(54-48)40-20-12-21-42(31-40)55-50-26-9-7-22-44(50)47-32-38(28-29-51(47)55)43-24-13-25-46-45-23-8-10-27-52(45)56-53(43)46/h1-34H. The average Bonchev–Trinajstić information content (AvgIpc) is 3.83. The van der Waals surface area contributed by atoms with Gasteiger partial charge in [-0.25, -0.2) is 4.98 Å². The first-order valence-electron chi connectivity index (χ1n) is 19.0. The van der Waals surface area contributed by atoms with Crippen molar-refractivity contribution in [3.05, 3.63) is 206 Å². The van der Waals surface area contributed by atoms with Crippen molar-refractivity contribution in [2.75, 3.05) is 0 Å². The molecule has 0 saturated carbocycles. The molecule has 0 N–H and O–H groups in total. The van der Waals surface area contributed by atoms with E-state index in [0.29, 0.717) is 0 Å². The summed E-state index contributed by atoms with van der Waals surface area (Å²) in [4.78, 5) is 5.36. The smallest absolute Gasteiger partial charge is 0.0716 e. The molecule has 3 heterocycles. The van der Waals surface area contributed by atoms with E-state index in [1.165, 1.54) is 64.2 Å². The van der Waals surface area contributed by atoms with Crippen molar-refractivity contribution in [1.29, 1.82) is 0 Å². The molecule has 56 heavy (non-hydrogen) atoms. The van der Waals surface area contributed by atoms with Crippen molar-refractivity contribution < 1.29 is 0 Å². The molecule has 0 aliphatic carbocycles. The maximum absolute atomic E-state index is 5.36. The average molecular weight is 731 g/mol. The molecule has 0 spiro atoms. The number of fused-ring (bicyclic) bond motifs is 6. The van der Waals surface area contributed by atoms with Gasteiger partial charge < -0.3 is 4.57 Å². The van der Waals surface area contributed by atoms with Crippen LogP contribution >= 0.6 is 11.3 Å². The van der Waals surface area contributed by atoms with Gasteiger partial charge in [0.1, 0.15) is 0 Å². The Hall–Kier alpha value is -7.07. The van der Waals surface area contributed by atoms with Crippen LogP contribution in [0.15, 0.2) is 206 Å².